The molecule has 0 saturated carbocycles. The molecule has 0 radical (unpaired) electrons. The Morgan fingerprint density at radius 3 is 2.60 bits per heavy atom. The zero-order chi connectivity index (χ0) is 14.7. The molecule has 106 valence electrons. The average molecular weight is 282 g/mol. The SMILES string of the molecule is Cc1ccc(F)c(OCC(O)c2cccc(F)c2F)c1. The van der Waals surface area contributed by atoms with Crippen LogP contribution in [0.1, 0.15) is 17.2 Å². The van der Waals surface area contributed by atoms with Crippen LogP contribution in [-0.2, 0) is 0 Å². The van der Waals surface area contributed by atoms with E-state index in [0.29, 0.717) is 0 Å². The molecule has 2 aromatic rings. The second-order valence-electron chi connectivity index (χ2n) is 4.40. The fourth-order valence-corrected chi connectivity index (χ4v) is 1.76. The summed E-state index contributed by atoms with van der Waals surface area (Å²) in [6.07, 6.45) is -1.38. The van der Waals surface area contributed by atoms with E-state index in [1.807, 2.05) is 0 Å². The maximum absolute atomic E-state index is 13.5. The van der Waals surface area contributed by atoms with Crippen LogP contribution >= 0.6 is 0 Å². The lowest BCUT2D eigenvalue weighted by molar-refractivity contribution is 0.102. The molecular weight excluding hydrogens is 269 g/mol. The van der Waals surface area contributed by atoms with Gasteiger partial charge < -0.3 is 9.84 Å². The molecule has 5 heteroatoms. The van der Waals surface area contributed by atoms with Gasteiger partial charge in [0.2, 0.25) is 0 Å². The number of benzene rings is 2. The Hall–Kier alpha value is -2.01. The van der Waals surface area contributed by atoms with E-state index in [4.69, 9.17) is 4.74 Å². The molecular formula is C15H13F3O2. The minimum Gasteiger partial charge on any atom is -0.487 e. The van der Waals surface area contributed by atoms with Gasteiger partial charge in [-0.3, -0.25) is 0 Å². The van der Waals surface area contributed by atoms with Crippen molar-refractivity contribution in [2.75, 3.05) is 6.61 Å². The standard InChI is InChI=1S/C15H13F3O2/c1-9-5-6-11(16)14(7-9)20-8-13(19)10-3-2-4-12(17)15(10)18/h2-7,13,19H,8H2,1H3. The average Bonchev–Trinajstić information content (AvgIpc) is 2.42. The second kappa shape index (κ2) is 5.96. The Balaban J connectivity index is 2.10. The molecule has 0 fully saturated rings. The minimum absolute atomic E-state index is 0.0409. The van der Waals surface area contributed by atoms with Gasteiger partial charge in [-0.15, -0.1) is 0 Å². The Bertz CT molecular complexity index is 614. The lowest BCUT2D eigenvalue weighted by Crippen LogP contribution is -2.12. The predicted molar refractivity (Wildman–Crippen MR) is 67.9 cm³/mol. The monoisotopic (exact) mass is 282 g/mol. The molecule has 1 N–H and O–H groups in total. The number of aliphatic hydroxyl groups excluding tert-OH is 1. The second-order valence-corrected chi connectivity index (χ2v) is 4.40. The van der Waals surface area contributed by atoms with Crippen LogP contribution in [0.4, 0.5) is 13.2 Å². The first-order valence-corrected chi connectivity index (χ1v) is 6.00. The summed E-state index contributed by atoms with van der Waals surface area (Å²) in [7, 11) is 0. The summed E-state index contributed by atoms with van der Waals surface area (Å²) >= 11 is 0. The third-order valence-electron chi connectivity index (χ3n) is 2.82. The number of hydrogen-bond donors (Lipinski definition) is 1. The summed E-state index contributed by atoms with van der Waals surface area (Å²) in [5.74, 6) is -2.81. The highest BCUT2D eigenvalue weighted by Gasteiger charge is 2.17. The van der Waals surface area contributed by atoms with Gasteiger partial charge in [-0.1, -0.05) is 18.2 Å². The largest absolute Gasteiger partial charge is 0.487 e. The summed E-state index contributed by atoms with van der Waals surface area (Å²) in [4.78, 5) is 0. The van der Waals surface area contributed by atoms with Crippen molar-refractivity contribution in [3.05, 3.63) is 65.0 Å². The van der Waals surface area contributed by atoms with Crippen molar-refractivity contribution in [2.45, 2.75) is 13.0 Å². The third kappa shape index (κ3) is 3.11. The fraction of sp³-hybridized carbons (Fsp3) is 0.200. The van der Waals surface area contributed by atoms with Crippen LogP contribution in [-0.4, -0.2) is 11.7 Å². The molecule has 0 amide bonds. The highest BCUT2D eigenvalue weighted by atomic mass is 19.2. The lowest BCUT2D eigenvalue weighted by atomic mass is 10.1. The first kappa shape index (κ1) is 14.4. The van der Waals surface area contributed by atoms with Crippen LogP contribution in [0.5, 0.6) is 5.75 Å². The molecule has 0 saturated heterocycles. The van der Waals surface area contributed by atoms with E-state index in [-0.39, 0.29) is 17.9 Å². The van der Waals surface area contributed by atoms with Crippen LogP contribution in [0.2, 0.25) is 0 Å². The molecule has 2 nitrogen and oxygen atoms in total. The molecule has 2 rings (SSSR count). The number of rotatable bonds is 4. The first-order chi connectivity index (χ1) is 9.49. The van der Waals surface area contributed by atoms with Gasteiger partial charge in [0, 0.05) is 5.56 Å². The fourth-order valence-electron chi connectivity index (χ4n) is 1.76. The molecule has 0 bridgehead atoms. The van der Waals surface area contributed by atoms with Crippen molar-refractivity contribution in [3.63, 3.8) is 0 Å². The summed E-state index contributed by atoms with van der Waals surface area (Å²) in [5, 5.41) is 9.79. The first-order valence-electron chi connectivity index (χ1n) is 6.00. The van der Waals surface area contributed by atoms with Crippen molar-refractivity contribution in [1.82, 2.24) is 0 Å². The minimum atomic E-state index is -1.38. The number of ether oxygens (including phenoxy) is 1. The van der Waals surface area contributed by atoms with E-state index in [0.717, 1.165) is 11.6 Å². The van der Waals surface area contributed by atoms with Crippen LogP contribution in [0, 0.1) is 24.4 Å². The molecule has 0 heterocycles. The van der Waals surface area contributed by atoms with Gasteiger partial charge in [0.25, 0.3) is 0 Å². The molecule has 20 heavy (non-hydrogen) atoms. The van der Waals surface area contributed by atoms with Crippen molar-refractivity contribution in [1.29, 1.82) is 0 Å². The zero-order valence-electron chi connectivity index (χ0n) is 10.7. The smallest absolute Gasteiger partial charge is 0.165 e. The van der Waals surface area contributed by atoms with E-state index in [2.05, 4.69) is 0 Å². The highest BCUT2D eigenvalue weighted by molar-refractivity contribution is 5.29. The molecule has 0 spiro atoms. The number of aliphatic hydroxyl groups is 1. The van der Waals surface area contributed by atoms with Crippen LogP contribution in [0.25, 0.3) is 0 Å². The molecule has 0 aromatic heterocycles. The van der Waals surface area contributed by atoms with Crippen molar-refractivity contribution < 1.29 is 23.0 Å². The summed E-state index contributed by atoms with van der Waals surface area (Å²) in [6, 6.07) is 7.75. The molecule has 0 aliphatic rings. The Morgan fingerprint density at radius 2 is 1.85 bits per heavy atom. The van der Waals surface area contributed by atoms with E-state index >= 15 is 0 Å². The van der Waals surface area contributed by atoms with Crippen LogP contribution in [0.3, 0.4) is 0 Å². The predicted octanol–water partition coefficient (Wildman–Crippen LogP) is 3.52. The molecule has 1 atom stereocenters. The summed E-state index contributed by atoms with van der Waals surface area (Å²) in [5.41, 5.74) is 0.561. The van der Waals surface area contributed by atoms with Gasteiger partial charge in [-0.25, -0.2) is 13.2 Å². The normalized spacial score (nSPS) is 12.2. The number of hydrogen-bond acceptors (Lipinski definition) is 2. The zero-order valence-corrected chi connectivity index (χ0v) is 10.7. The van der Waals surface area contributed by atoms with Crippen LogP contribution in [0.15, 0.2) is 36.4 Å². The third-order valence-corrected chi connectivity index (χ3v) is 2.82. The van der Waals surface area contributed by atoms with Crippen LogP contribution < -0.4 is 4.74 Å². The van der Waals surface area contributed by atoms with Gasteiger partial charge in [-0.05, 0) is 30.7 Å². The molecule has 2 aromatic carbocycles. The Kier molecular flexibility index (Phi) is 4.29. The topological polar surface area (TPSA) is 29.5 Å². The Labute approximate surface area is 114 Å². The van der Waals surface area contributed by atoms with Crippen molar-refractivity contribution in [2.24, 2.45) is 0 Å². The summed E-state index contributed by atoms with van der Waals surface area (Å²) in [6.45, 7) is 1.38. The van der Waals surface area contributed by atoms with Gasteiger partial charge in [0.15, 0.2) is 23.2 Å². The van der Waals surface area contributed by atoms with Crippen molar-refractivity contribution >= 4 is 0 Å². The van der Waals surface area contributed by atoms with E-state index in [1.165, 1.54) is 24.3 Å². The van der Waals surface area contributed by atoms with E-state index in [9.17, 15) is 18.3 Å². The van der Waals surface area contributed by atoms with E-state index < -0.39 is 23.6 Å². The van der Waals surface area contributed by atoms with E-state index in [1.54, 1.807) is 13.0 Å². The maximum atomic E-state index is 13.5. The van der Waals surface area contributed by atoms with Gasteiger partial charge >= 0.3 is 0 Å². The summed E-state index contributed by atoms with van der Waals surface area (Å²) < 4.78 is 45.0. The van der Waals surface area contributed by atoms with Crippen molar-refractivity contribution in [3.8, 4) is 5.75 Å². The van der Waals surface area contributed by atoms with Gasteiger partial charge in [-0.2, -0.15) is 0 Å². The van der Waals surface area contributed by atoms with Gasteiger partial charge in [0.05, 0.1) is 0 Å². The lowest BCUT2D eigenvalue weighted by Gasteiger charge is -2.14. The molecule has 1 unspecified atom stereocenters. The Morgan fingerprint density at radius 1 is 1.10 bits per heavy atom. The quantitative estimate of drug-likeness (QED) is 0.929. The molecule has 0 aliphatic heterocycles. The number of halogens is 3. The number of aryl methyl sites for hydroxylation is 1. The molecule has 0 aliphatic carbocycles. The van der Waals surface area contributed by atoms with Gasteiger partial charge in [0.1, 0.15) is 12.7 Å². The maximum Gasteiger partial charge on any atom is 0.165 e. The highest BCUT2D eigenvalue weighted by Crippen LogP contribution is 2.23.